The molecule has 0 bridgehead atoms. The number of pyridine rings is 1. The standard InChI is InChI=1S/C13H20ClN3/c1-10(15)8-11-4-2-3-7-17(11)13-5-6-16-9-12(13)14/h5-6,9-11H,2-4,7-8,15H2,1H3. The van der Waals surface area contributed by atoms with Gasteiger partial charge in [0.1, 0.15) is 0 Å². The van der Waals surface area contributed by atoms with Gasteiger partial charge in [0, 0.05) is 31.0 Å². The minimum Gasteiger partial charge on any atom is -0.367 e. The molecular weight excluding hydrogens is 234 g/mol. The third-order valence-electron chi connectivity index (χ3n) is 3.33. The van der Waals surface area contributed by atoms with Gasteiger partial charge in [-0.15, -0.1) is 0 Å². The second-order valence-electron chi connectivity index (χ2n) is 4.88. The quantitative estimate of drug-likeness (QED) is 0.901. The lowest BCUT2D eigenvalue weighted by Gasteiger charge is -2.38. The lowest BCUT2D eigenvalue weighted by Crippen LogP contribution is -2.42. The van der Waals surface area contributed by atoms with E-state index in [0.717, 1.165) is 23.7 Å². The van der Waals surface area contributed by atoms with Gasteiger partial charge in [0.05, 0.1) is 10.7 Å². The number of halogens is 1. The molecule has 0 spiro atoms. The summed E-state index contributed by atoms with van der Waals surface area (Å²) in [6.07, 6.45) is 8.27. The van der Waals surface area contributed by atoms with E-state index in [2.05, 4.69) is 16.8 Å². The van der Waals surface area contributed by atoms with Gasteiger partial charge < -0.3 is 10.6 Å². The molecule has 1 aromatic rings. The molecule has 0 radical (unpaired) electrons. The maximum absolute atomic E-state index is 6.22. The van der Waals surface area contributed by atoms with Gasteiger partial charge >= 0.3 is 0 Å². The van der Waals surface area contributed by atoms with Crippen LogP contribution in [0, 0.1) is 0 Å². The smallest absolute Gasteiger partial charge is 0.0822 e. The number of hydrogen-bond acceptors (Lipinski definition) is 3. The highest BCUT2D eigenvalue weighted by Gasteiger charge is 2.24. The van der Waals surface area contributed by atoms with Crippen LogP contribution in [0.4, 0.5) is 5.69 Å². The van der Waals surface area contributed by atoms with Crippen molar-refractivity contribution in [1.29, 1.82) is 0 Å². The van der Waals surface area contributed by atoms with E-state index in [4.69, 9.17) is 17.3 Å². The van der Waals surface area contributed by atoms with E-state index >= 15 is 0 Å². The molecule has 0 aliphatic carbocycles. The summed E-state index contributed by atoms with van der Waals surface area (Å²) in [6, 6.07) is 2.76. The van der Waals surface area contributed by atoms with Crippen molar-refractivity contribution >= 4 is 17.3 Å². The van der Waals surface area contributed by atoms with Gasteiger partial charge in [-0.25, -0.2) is 0 Å². The minimum absolute atomic E-state index is 0.237. The van der Waals surface area contributed by atoms with Crippen LogP contribution in [0.3, 0.4) is 0 Å². The number of aromatic nitrogens is 1. The zero-order valence-electron chi connectivity index (χ0n) is 10.3. The molecule has 2 N–H and O–H groups in total. The van der Waals surface area contributed by atoms with Gasteiger partial charge in [0.25, 0.3) is 0 Å². The first kappa shape index (κ1) is 12.7. The van der Waals surface area contributed by atoms with Crippen molar-refractivity contribution in [2.45, 2.75) is 44.7 Å². The Kier molecular flexibility index (Phi) is 4.24. The lowest BCUT2D eigenvalue weighted by atomic mass is 9.96. The molecule has 1 fully saturated rings. The van der Waals surface area contributed by atoms with Crippen molar-refractivity contribution in [3.63, 3.8) is 0 Å². The maximum atomic E-state index is 6.22. The van der Waals surface area contributed by atoms with Crippen LogP contribution in [0.2, 0.25) is 5.02 Å². The molecule has 0 saturated carbocycles. The largest absolute Gasteiger partial charge is 0.367 e. The second-order valence-corrected chi connectivity index (χ2v) is 5.29. The molecule has 94 valence electrons. The molecule has 1 aliphatic rings. The normalized spacial score (nSPS) is 22.5. The predicted octanol–water partition coefficient (Wildman–Crippen LogP) is 2.83. The Balaban J connectivity index is 2.19. The van der Waals surface area contributed by atoms with Crippen molar-refractivity contribution < 1.29 is 0 Å². The monoisotopic (exact) mass is 253 g/mol. The average molecular weight is 254 g/mol. The van der Waals surface area contributed by atoms with Gasteiger partial charge in [-0.1, -0.05) is 11.6 Å². The zero-order chi connectivity index (χ0) is 12.3. The van der Waals surface area contributed by atoms with Crippen LogP contribution in [0.25, 0.3) is 0 Å². The second kappa shape index (κ2) is 5.69. The fraction of sp³-hybridized carbons (Fsp3) is 0.615. The third-order valence-corrected chi connectivity index (χ3v) is 3.62. The van der Waals surface area contributed by atoms with Crippen molar-refractivity contribution in [2.24, 2.45) is 5.73 Å². The first-order chi connectivity index (χ1) is 8.18. The number of hydrogen-bond donors (Lipinski definition) is 1. The van der Waals surface area contributed by atoms with Crippen molar-refractivity contribution in [2.75, 3.05) is 11.4 Å². The maximum Gasteiger partial charge on any atom is 0.0822 e. The molecule has 0 aromatic carbocycles. The van der Waals surface area contributed by atoms with Crippen molar-refractivity contribution in [1.82, 2.24) is 4.98 Å². The van der Waals surface area contributed by atoms with E-state index in [9.17, 15) is 0 Å². The summed E-state index contributed by atoms with van der Waals surface area (Å²) in [7, 11) is 0. The van der Waals surface area contributed by atoms with E-state index in [1.807, 2.05) is 6.07 Å². The van der Waals surface area contributed by atoms with Gasteiger partial charge in [-0.05, 0) is 38.7 Å². The predicted molar refractivity (Wildman–Crippen MR) is 72.5 cm³/mol. The molecule has 2 unspecified atom stereocenters. The number of nitrogens with zero attached hydrogens (tertiary/aromatic N) is 2. The highest BCUT2D eigenvalue weighted by molar-refractivity contribution is 6.33. The van der Waals surface area contributed by atoms with E-state index < -0.39 is 0 Å². The van der Waals surface area contributed by atoms with Gasteiger partial charge in [-0.3, -0.25) is 4.98 Å². The summed E-state index contributed by atoms with van der Waals surface area (Å²) in [6.45, 7) is 3.14. The molecular formula is C13H20ClN3. The first-order valence-electron chi connectivity index (χ1n) is 6.30. The van der Waals surface area contributed by atoms with E-state index in [-0.39, 0.29) is 6.04 Å². The molecule has 4 heteroatoms. The van der Waals surface area contributed by atoms with Crippen LogP contribution in [-0.2, 0) is 0 Å². The molecule has 0 amide bonds. The molecule has 2 rings (SSSR count). The van der Waals surface area contributed by atoms with Crippen LogP contribution in [0.5, 0.6) is 0 Å². The van der Waals surface area contributed by atoms with E-state index in [1.54, 1.807) is 12.4 Å². The first-order valence-corrected chi connectivity index (χ1v) is 6.68. The van der Waals surface area contributed by atoms with Crippen molar-refractivity contribution in [3.8, 4) is 0 Å². The van der Waals surface area contributed by atoms with Crippen molar-refractivity contribution in [3.05, 3.63) is 23.5 Å². The lowest BCUT2D eigenvalue weighted by molar-refractivity contribution is 0.416. The van der Waals surface area contributed by atoms with Crippen LogP contribution >= 0.6 is 11.6 Å². The fourth-order valence-corrected chi connectivity index (χ4v) is 2.82. The third kappa shape index (κ3) is 3.11. The Labute approximate surface area is 108 Å². The highest BCUT2D eigenvalue weighted by atomic mass is 35.5. The summed E-state index contributed by atoms with van der Waals surface area (Å²) < 4.78 is 0. The van der Waals surface area contributed by atoms with E-state index in [1.165, 1.54) is 19.3 Å². The topological polar surface area (TPSA) is 42.1 Å². The number of anilines is 1. The summed E-state index contributed by atoms with van der Waals surface area (Å²) in [5.74, 6) is 0. The zero-order valence-corrected chi connectivity index (χ0v) is 11.0. The summed E-state index contributed by atoms with van der Waals surface area (Å²) in [5.41, 5.74) is 7.03. The highest BCUT2D eigenvalue weighted by Crippen LogP contribution is 2.31. The van der Waals surface area contributed by atoms with Gasteiger partial charge in [0.2, 0.25) is 0 Å². The molecule has 2 atom stereocenters. The summed E-state index contributed by atoms with van der Waals surface area (Å²) in [5, 5.41) is 0.740. The SMILES string of the molecule is CC(N)CC1CCCCN1c1ccncc1Cl. The fourth-order valence-electron chi connectivity index (χ4n) is 2.59. The molecule has 1 saturated heterocycles. The molecule has 1 aromatic heterocycles. The Morgan fingerprint density at radius 1 is 1.59 bits per heavy atom. The van der Waals surface area contributed by atoms with Crippen LogP contribution in [0.15, 0.2) is 18.5 Å². The van der Waals surface area contributed by atoms with Gasteiger partial charge in [0.15, 0.2) is 0 Å². The van der Waals surface area contributed by atoms with Crippen LogP contribution in [0.1, 0.15) is 32.6 Å². The summed E-state index contributed by atoms with van der Waals surface area (Å²) in [4.78, 5) is 6.44. The van der Waals surface area contributed by atoms with Crippen LogP contribution < -0.4 is 10.6 Å². The molecule has 1 aliphatic heterocycles. The molecule has 17 heavy (non-hydrogen) atoms. The molecule has 3 nitrogen and oxygen atoms in total. The van der Waals surface area contributed by atoms with Gasteiger partial charge in [-0.2, -0.15) is 0 Å². The minimum atomic E-state index is 0.237. The van der Waals surface area contributed by atoms with Crippen LogP contribution in [-0.4, -0.2) is 23.6 Å². The number of piperidine rings is 1. The molecule has 2 heterocycles. The Hall–Kier alpha value is -0.800. The number of nitrogens with two attached hydrogens (primary N) is 1. The van der Waals surface area contributed by atoms with E-state index in [0.29, 0.717) is 6.04 Å². The Morgan fingerprint density at radius 3 is 3.12 bits per heavy atom. The summed E-state index contributed by atoms with van der Waals surface area (Å²) >= 11 is 6.22. The Bertz CT molecular complexity index is 367. The number of rotatable bonds is 3. The Morgan fingerprint density at radius 2 is 2.41 bits per heavy atom. The average Bonchev–Trinajstić information content (AvgIpc) is 2.30.